The molecule has 0 bridgehead atoms. The maximum absolute atomic E-state index is 10.9. The lowest BCUT2D eigenvalue weighted by Gasteiger charge is -2.21. The van der Waals surface area contributed by atoms with E-state index in [1.165, 1.54) is 25.3 Å². The number of benzene rings is 2. The van der Waals surface area contributed by atoms with Crippen LogP contribution in [-0.2, 0) is 6.54 Å². The first-order chi connectivity index (χ1) is 16.0. The summed E-state index contributed by atoms with van der Waals surface area (Å²) < 4.78 is 3.74. The van der Waals surface area contributed by atoms with Crippen molar-refractivity contribution in [2.24, 2.45) is 0 Å². The number of rotatable bonds is 5. The van der Waals surface area contributed by atoms with Gasteiger partial charge in [-0.2, -0.15) is 0 Å². The second-order valence-corrected chi connectivity index (χ2v) is 8.16. The Morgan fingerprint density at radius 1 is 0.879 bits per heavy atom. The first-order valence-electron chi connectivity index (χ1n) is 11.1. The van der Waals surface area contributed by atoms with Crippen LogP contribution >= 0.6 is 0 Å². The Bertz CT molecular complexity index is 1290. The van der Waals surface area contributed by atoms with Gasteiger partial charge in [-0.15, -0.1) is 10.2 Å². The zero-order valence-corrected chi connectivity index (χ0v) is 18.4. The highest BCUT2D eigenvalue weighted by Gasteiger charge is 2.19. The molecule has 4 aromatic rings. The highest BCUT2D eigenvalue weighted by atomic mass is 16.4. The maximum atomic E-state index is 10.9. The van der Waals surface area contributed by atoms with E-state index in [2.05, 4.69) is 27.5 Å². The van der Waals surface area contributed by atoms with E-state index >= 15 is 0 Å². The predicted molar refractivity (Wildman–Crippen MR) is 121 cm³/mol. The molecule has 0 atom stereocenters. The molecule has 1 fully saturated rings. The van der Waals surface area contributed by atoms with Gasteiger partial charge < -0.3 is 10.2 Å². The van der Waals surface area contributed by atoms with E-state index in [-0.39, 0.29) is 11.1 Å². The van der Waals surface area contributed by atoms with Crippen molar-refractivity contribution >= 4 is 34.0 Å². The lowest BCUT2D eigenvalue weighted by Crippen LogP contribution is -2.14. The van der Waals surface area contributed by atoms with Crippen molar-refractivity contribution in [1.82, 2.24) is 30.0 Å². The van der Waals surface area contributed by atoms with Crippen LogP contribution in [0.4, 0.5) is 0 Å². The number of fused-ring (bicyclic) bond motifs is 2. The van der Waals surface area contributed by atoms with Gasteiger partial charge in [0.15, 0.2) is 0 Å². The fraction of sp³-hybridized carbons (Fsp3) is 0.391. The van der Waals surface area contributed by atoms with E-state index in [1.54, 1.807) is 28.9 Å². The van der Waals surface area contributed by atoms with Crippen molar-refractivity contribution in [2.45, 2.75) is 58.0 Å². The van der Waals surface area contributed by atoms with Crippen molar-refractivity contribution < 1.29 is 19.8 Å². The number of aromatic nitrogens is 6. The minimum Gasteiger partial charge on any atom is -0.478 e. The molecule has 0 amide bonds. The van der Waals surface area contributed by atoms with Gasteiger partial charge in [-0.3, -0.25) is 0 Å². The van der Waals surface area contributed by atoms with Crippen LogP contribution in [0.25, 0.3) is 22.1 Å². The Hall–Kier alpha value is -3.82. The summed E-state index contributed by atoms with van der Waals surface area (Å²) in [5, 5.41) is 33.9. The Balaban J connectivity index is 0.000000160. The Morgan fingerprint density at radius 3 is 2.06 bits per heavy atom. The van der Waals surface area contributed by atoms with Gasteiger partial charge >= 0.3 is 11.9 Å². The third-order valence-corrected chi connectivity index (χ3v) is 5.83. The Kier molecular flexibility index (Phi) is 6.62. The molecule has 2 N–H and O–H groups in total. The van der Waals surface area contributed by atoms with E-state index in [0.717, 1.165) is 36.8 Å². The monoisotopic (exact) mass is 450 g/mol. The molecule has 2 heterocycles. The van der Waals surface area contributed by atoms with Gasteiger partial charge in [-0.25, -0.2) is 19.0 Å². The van der Waals surface area contributed by atoms with Crippen LogP contribution in [0.2, 0.25) is 0 Å². The molecule has 0 saturated heterocycles. The van der Waals surface area contributed by atoms with E-state index in [0.29, 0.717) is 17.1 Å². The summed E-state index contributed by atoms with van der Waals surface area (Å²) >= 11 is 0. The summed E-state index contributed by atoms with van der Waals surface area (Å²) in [5.41, 5.74) is 3.61. The van der Waals surface area contributed by atoms with E-state index in [9.17, 15) is 9.59 Å². The Labute approximate surface area is 189 Å². The summed E-state index contributed by atoms with van der Waals surface area (Å²) in [6.07, 6.45) is 7.02. The molecule has 2 aromatic heterocycles. The molecule has 0 spiro atoms. The molecule has 1 aliphatic rings. The van der Waals surface area contributed by atoms with Gasteiger partial charge in [-0.05, 0) is 55.7 Å². The van der Waals surface area contributed by atoms with E-state index in [4.69, 9.17) is 10.2 Å². The van der Waals surface area contributed by atoms with Crippen molar-refractivity contribution in [2.75, 3.05) is 0 Å². The molecule has 0 radical (unpaired) electrons. The highest BCUT2D eigenvalue weighted by Crippen LogP contribution is 2.29. The first-order valence-corrected chi connectivity index (χ1v) is 11.1. The summed E-state index contributed by atoms with van der Waals surface area (Å²) in [5.74, 6) is -1.87. The number of aromatic carboxylic acids is 2. The van der Waals surface area contributed by atoms with Gasteiger partial charge in [0.05, 0.1) is 28.2 Å². The molecule has 1 saturated carbocycles. The van der Waals surface area contributed by atoms with Crippen LogP contribution in [-0.4, -0.2) is 52.1 Å². The lowest BCUT2D eigenvalue weighted by molar-refractivity contribution is 0.0686. The standard InChI is InChI=1S/C13H15N3O2.C10H11N3O2/c17-13(18)9-6-7-12-11(8-9)14-15-16(12)10-4-2-1-3-5-10;1-2-5-13-9-4-3-7(10(14)15)6-8(9)11-12-13/h6-8,10H,1-5H2,(H,17,18);3-4,6H,2,5H2,1H3,(H,14,15). The first kappa shape index (κ1) is 22.4. The number of hydrogen-bond donors (Lipinski definition) is 2. The number of hydrogen-bond acceptors (Lipinski definition) is 6. The Morgan fingerprint density at radius 2 is 1.45 bits per heavy atom. The second-order valence-electron chi connectivity index (χ2n) is 8.16. The third kappa shape index (κ3) is 4.84. The van der Waals surface area contributed by atoms with Crippen molar-refractivity contribution in [1.29, 1.82) is 0 Å². The van der Waals surface area contributed by atoms with Gasteiger partial charge in [0.2, 0.25) is 0 Å². The smallest absolute Gasteiger partial charge is 0.335 e. The van der Waals surface area contributed by atoms with Crippen LogP contribution in [0.1, 0.15) is 72.2 Å². The SMILES string of the molecule is CCCn1nnc2cc(C(=O)O)ccc21.O=C(O)c1ccc2c(c1)nnn2C1CCCCC1. The topological polar surface area (TPSA) is 136 Å². The zero-order valence-electron chi connectivity index (χ0n) is 18.4. The number of carboxylic acid groups (broad SMARTS) is 2. The van der Waals surface area contributed by atoms with Gasteiger partial charge in [-0.1, -0.05) is 36.6 Å². The molecule has 1 aliphatic carbocycles. The van der Waals surface area contributed by atoms with Crippen LogP contribution in [0.15, 0.2) is 36.4 Å². The van der Waals surface area contributed by atoms with E-state index in [1.807, 2.05) is 10.7 Å². The van der Waals surface area contributed by atoms with Crippen LogP contribution in [0.5, 0.6) is 0 Å². The highest BCUT2D eigenvalue weighted by molar-refractivity contribution is 5.92. The lowest BCUT2D eigenvalue weighted by atomic mass is 9.95. The molecular formula is C23H26N6O4. The summed E-state index contributed by atoms with van der Waals surface area (Å²) in [6, 6.07) is 10.3. The maximum Gasteiger partial charge on any atom is 0.335 e. The largest absolute Gasteiger partial charge is 0.478 e. The number of aryl methyl sites for hydroxylation is 1. The fourth-order valence-corrected chi connectivity index (χ4v) is 4.15. The molecule has 5 rings (SSSR count). The minimum atomic E-state index is -0.943. The third-order valence-electron chi connectivity index (χ3n) is 5.83. The minimum absolute atomic E-state index is 0.242. The van der Waals surface area contributed by atoms with Crippen LogP contribution < -0.4 is 0 Å². The summed E-state index contributed by atoms with van der Waals surface area (Å²) in [6.45, 7) is 2.85. The average molecular weight is 450 g/mol. The number of nitrogens with zero attached hydrogens (tertiary/aromatic N) is 6. The molecule has 172 valence electrons. The van der Waals surface area contributed by atoms with Gasteiger partial charge in [0, 0.05) is 6.54 Å². The molecular weight excluding hydrogens is 424 g/mol. The van der Waals surface area contributed by atoms with E-state index < -0.39 is 11.9 Å². The van der Waals surface area contributed by atoms with Crippen molar-refractivity contribution in [3.8, 4) is 0 Å². The molecule has 0 aliphatic heterocycles. The fourth-order valence-electron chi connectivity index (χ4n) is 4.15. The molecule has 10 nitrogen and oxygen atoms in total. The summed E-state index contributed by atoms with van der Waals surface area (Å²) in [4.78, 5) is 21.6. The normalized spacial score (nSPS) is 14.2. The zero-order chi connectivity index (χ0) is 23.4. The average Bonchev–Trinajstić information content (AvgIpc) is 3.43. The van der Waals surface area contributed by atoms with Crippen molar-refractivity contribution in [3.05, 3.63) is 47.5 Å². The second kappa shape index (κ2) is 9.76. The predicted octanol–water partition coefficient (Wildman–Crippen LogP) is 4.17. The van der Waals surface area contributed by atoms with Crippen LogP contribution in [0, 0.1) is 0 Å². The molecule has 0 unspecified atom stereocenters. The quantitative estimate of drug-likeness (QED) is 0.462. The molecule has 2 aromatic carbocycles. The van der Waals surface area contributed by atoms with Crippen molar-refractivity contribution in [3.63, 3.8) is 0 Å². The summed E-state index contributed by atoms with van der Waals surface area (Å²) in [7, 11) is 0. The number of carbonyl (C=O) groups is 2. The van der Waals surface area contributed by atoms with Crippen LogP contribution in [0.3, 0.4) is 0 Å². The number of carboxylic acids is 2. The molecule has 33 heavy (non-hydrogen) atoms. The van der Waals surface area contributed by atoms with Gasteiger partial charge in [0.25, 0.3) is 0 Å². The molecule has 10 heteroatoms. The van der Waals surface area contributed by atoms with Gasteiger partial charge in [0.1, 0.15) is 11.0 Å².